The Balaban J connectivity index is 2.54. The molecule has 2 N–H and O–H groups in total. The van der Waals surface area contributed by atoms with Gasteiger partial charge in [-0.05, 0) is 12.0 Å². The number of carbonyl (C=O) groups excluding carboxylic acids is 1. The second-order valence-corrected chi connectivity index (χ2v) is 5.43. The Morgan fingerprint density at radius 2 is 1.86 bits per heavy atom. The number of guanidine groups is 1. The number of unbranched alkanes of at least 4 members (excludes halogenated alkanes) is 2. The van der Waals surface area contributed by atoms with Gasteiger partial charge in [0.2, 0.25) is 5.91 Å². The quantitative estimate of drug-likeness (QED) is 0.439. The van der Waals surface area contributed by atoms with Gasteiger partial charge in [-0.2, -0.15) is 0 Å². The Morgan fingerprint density at radius 1 is 1.14 bits per heavy atom. The molecule has 0 aliphatic rings. The SMILES string of the molecule is CCCCCNC(=NCc1ccccc1)NCC(=O)N(C)C. The van der Waals surface area contributed by atoms with E-state index in [1.807, 2.05) is 30.3 Å². The second kappa shape index (κ2) is 10.7. The molecular weight excluding hydrogens is 276 g/mol. The van der Waals surface area contributed by atoms with Gasteiger partial charge in [0, 0.05) is 20.6 Å². The molecule has 0 saturated heterocycles. The summed E-state index contributed by atoms with van der Waals surface area (Å²) in [5, 5.41) is 6.38. The van der Waals surface area contributed by atoms with E-state index in [4.69, 9.17) is 0 Å². The number of amides is 1. The minimum Gasteiger partial charge on any atom is -0.356 e. The fourth-order valence-corrected chi connectivity index (χ4v) is 1.83. The standard InChI is InChI=1S/C17H28N4O/c1-4-5-9-12-18-17(20-14-16(22)21(2)3)19-13-15-10-7-6-8-11-15/h6-8,10-11H,4-5,9,12-14H2,1-3H3,(H2,18,19,20). The molecule has 22 heavy (non-hydrogen) atoms. The average Bonchev–Trinajstić information content (AvgIpc) is 2.53. The molecule has 0 aliphatic heterocycles. The first-order valence-electron chi connectivity index (χ1n) is 7.89. The molecule has 1 aromatic rings. The predicted octanol–water partition coefficient (Wildman–Crippen LogP) is 2.00. The van der Waals surface area contributed by atoms with Gasteiger partial charge in [0.1, 0.15) is 0 Å². The van der Waals surface area contributed by atoms with Gasteiger partial charge < -0.3 is 15.5 Å². The summed E-state index contributed by atoms with van der Waals surface area (Å²) >= 11 is 0. The van der Waals surface area contributed by atoms with Gasteiger partial charge in [-0.15, -0.1) is 0 Å². The van der Waals surface area contributed by atoms with E-state index in [0.717, 1.165) is 18.5 Å². The van der Waals surface area contributed by atoms with Crippen LogP contribution in [0.25, 0.3) is 0 Å². The van der Waals surface area contributed by atoms with E-state index < -0.39 is 0 Å². The summed E-state index contributed by atoms with van der Waals surface area (Å²) in [5.74, 6) is 0.720. The highest BCUT2D eigenvalue weighted by Crippen LogP contribution is 2.00. The zero-order valence-corrected chi connectivity index (χ0v) is 13.9. The molecule has 0 aromatic heterocycles. The zero-order valence-electron chi connectivity index (χ0n) is 13.9. The fraction of sp³-hybridized carbons (Fsp3) is 0.529. The normalized spacial score (nSPS) is 11.1. The number of rotatable bonds is 8. The van der Waals surface area contributed by atoms with Gasteiger partial charge in [0.05, 0.1) is 13.1 Å². The number of benzene rings is 1. The topological polar surface area (TPSA) is 56.7 Å². The first-order chi connectivity index (χ1) is 10.6. The molecule has 0 saturated carbocycles. The number of hydrogen-bond donors (Lipinski definition) is 2. The summed E-state index contributed by atoms with van der Waals surface area (Å²) in [7, 11) is 3.50. The van der Waals surface area contributed by atoms with Crippen molar-refractivity contribution in [3.05, 3.63) is 35.9 Å². The highest BCUT2D eigenvalue weighted by Gasteiger charge is 2.05. The first-order valence-corrected chi connectivity index (χ1v) is 7.89. The Hall–Kier alpha value is -2.04. The molecule has 0 atom stereocenters. The summed E-state index contributed by atoms with van der Waals surface area (Å²) in [4.78, 5) is 17.8. The summed E-state index contributed by atoms with van der Waals surface area (Å²) < 4.78 is 0. The molecule has 5 nitrogen and oxygen atoms in total. The van der Waals surface area contributed by atoms with E-state index in [1.165, 1.54) is 12.8 Å². The number of carbonyl (C=O) groups is 1. The van der Waals surface area contributed by atoms with E-state index in [1.54, 1.807) is 19.0 Å². The van der Waals surface area contributed by atoms with E-state index in [2.05, 4.69) is 22.5 Å². The van der Waals surface area contributed by atoms with Crippen molar-refractivity contribution in [2.75, 3.05) is 27.2 Å². The minimum absolute atomic E-state index is 0.0303. The van der Waals surface area contributed by atoms with Crippen LogP contribution in [0.15, 0.2) is 35.3 Å². The number of likely N-dealkylation sites (N-methyl/N-ethyl adjacent to an activating group) is 1. The number of nitrogens with zero attached hydrogens (tertiary/aromatic N) is 2. The Labute approximate surface area is 133 Å². The third kappa shape index (κ3) is 7.67. The molecule has 1 rings (SSSR count). The van der Waals surface area contributed by atoms with Crippen molar-refractivity contribution >= 4 is 11.9 Å². The first kappa shape index (κ1) is 18.0. The van der Waals surface area contributed by atoms with Gasteiger partial charge in [-0.1, -0.05) is 50.1 Å². The van der Waals surface area contributed by atoms with Crippen molar-refractivity contribution in [1.82, 2.24) is 15.5 Å². The lowest BCUT2D eigenvalue weighted by atomic mass is 10.2. The van der Waals surface area contributed by atoms with Gasteiger partial charge in [-0.3, -0.25) is 4.79 Å². The van der Waals surface area contributed by atoms with Crippen LogP contribution in [0.3, 0.4) is 0 Å². The molecule has 122 valence electrons. The van der Waals surface area contributed by atoms with Crippen LogP contribution in [0.5, 0.6) is 0 Å². The molecule has 0 aliphatic carbocycles. The molecule has 5 heteroatoms. The second-order valence-electron chi connectivity index (χ2n) is 5.43. The highest BCUT2D eigenvalue weighted by atomic mass is 16.2. The van der Waals surface area contributed by atoms with Gasteiger partial charge in [0.25, 0.3) is 0 Å². The van der Waals surface area contributed by atoms with E-state index in [9.17, 15) is 4.79 Å². The van der Waals surface area contributed by atoms with Crippen LogP contribution in [0.4, 0.5) is 0 Å². The lowest BCUT2D eigenvalue weighted by molar-refractivity contribution is -0.127. The molecule has 1 aromatic carbocycles. The molecular formula is C17H28N4O. The minimum atomic E-state index is 0.0303. The fourth-order valence-electron chi connectivity index (χ4n) is 1.83. The number of hydrogen-bond acceptors (Lipinski definition) is 2. The van der Waals surface area contributed by atoms with Crippen molar-refractivity contribution in [2.45, 2.75) is 32.7 Å². The molecule has 0 heterocycles. The van der Waals surface area contributed by atoms with Crippen molar-refractivity contribution in [3.8, 4) is 0 Å². The van der Waals surface area contributed by atoms with Crippen molar-refractivity contribution < 1.29 is 4.79 Å². The van der Waals surface area contributed by atoms with Crippen LogP contribution in [0.1, 0.15) is 31.7 Å². The summed E-state index contributed by atoms with van der Waals surface area (Å²) in [6.07, 6.45) is 3.48. The van der Waals surface area contributed by atoms with Crippen LogP contribution in [0.2, 0.25) is 0 Å². The van der Waals surface area contributed by atoms with Crippen molar-refractivity contribution in [3.63, 3.8) is 0 Å². The van der Waals surface area contributed by atoms with Crippen LogP contribution in [-0.4, -0.2) is 44.0 Å². The van der Waals surface area contributed by atoms with Crippen LogP contribution in [0, 0.1) is 0 Å². The summed E-state index contributed by atoms with van der Waals surface area (Å²) in [6.45, 7) is 3.89. The third-order valence-electron chi connectivity index (χ3n) is 3.24. The maximum Gasteiger partial charge on any atom is 0.241 e. The zero-order chi connectivity index (χ0) is 16.2. The Morgan fingerprint density at radius 3 is 2.50 bits per heavy atom. The Kier molecular flexibility index (Phi) is 8.72. The van der Waals surface area contributed by atoms with E-state index in [0.29, 0.717) is 12.5 Å². The van der Waals surface area contributed by atoms with Crippen LogP contribution >= 0.6 is 0 Å². The van der Waals surface area contributed by atoms with Crippen molar-refractivity contribution in [2.24, 2.45) is 4.99 Å². The van der Waals surface area contributed by atoms with Crippen LogP contribution in [-0.2, 0) is 11.3 Å². The van der Waals surface area contributed by atoms with Gasteiger partial charge in [-0.25, -0.2) is 4.99 Å². The summed E-state index contributed by atoms with van der Waals surface area (Å²) in [6, 6.07) is 10.1. The average molecular weight is 304 g/mol. The monoisotopic (exact) mass is 304 g/mol. The number of aliphatic imine (C=N–C) groups is 1. The molecule has 0 radical (unpaired) electrons. The van der Waals surface area contributed by atoms with Crippen LogP contribution < -0.4 is 10.6 Å². The largest absolute Gasteiger partial charge is 0.356 e. The summed E-state index contributed by atoms with van der Waals surface area (Å²) in [5.41, 5.74) is 1.15. The number of nitrogens with one attached hydrogen (secondary N) is 2. The highest BCUT2D eigenvalue weighted by molar-refractivity contribution is 5.86. The maximum absolute atomic E-state index is 11.7. The molecule has 0 fully saturated rings. The molecule has 0 unspecified atom stereocenters. The smallest absolute Gasteiger partial charge is 0.241 e. The lowest BCUT2D eigenvalue weighted by Gasteiger charge is -2.15. The third-order valence-corrected chi connectivity index (χ3v) is 3.24. The predicted molar refractivity (Wildman–Crippen MR) is 91.8 cm³/mol. The lowest BCUT2D eigenvalue weighted by Crippen LogP contribution is -2.43. The van der Waals surface area contributed by atoms with Gasteiger partial charge >= 0.3 is 0 Å². The Bertz CT molecular complexity index is 457. The van der Waals surface area contributed by atoms with Crippen molar-refractivity contribution in [1.29, 1.82) is 0 Å². The molecule has 0 bridgehead atoms. The maximum atomic E-state index is 11.7. The molecule has 1 amide bonds. The van der Waals surface area contributed by atoms with E-state index in [-0.39, 0.29) is 12.5 Å². The van der Waals surface area contributed by atoms with E-state index >= 15 is 0 Å². The van der Waals surface area contributed by atoms with Gasteiger partial charge in [0.15, 0.2) is 5.96 Å². The molecule has 0 spiro atoms.